The van der Waals surface area contributed by atoms with E-state index in [1.165, 1.54) is 0 Å². The van der Waals surface area contributed by atoms with E-state index in [1.54, 1.807) is 36.4 Å². The number of para-hydroxylation sites is 1. The second-order valence-electron chi connectivity index (χ2n) is 14.1. The standard InChI is InChI=1S/C41H36BF6NO6/c1-2-23(16-24-13-14-34(50)31-11-7-6-10-30(24)31)12-15-35-36-25(22-54-29-8-4-3-5-9-29)17-32-37(33(36)21-42(53)55-35)39(52)49(38(32)51)28-19-26(40(43,44)45)18-27(20-28)41(46,47)48/h3-11,13-14,16,18-20,32-33,35,37,50,53H,2,12,15,17,21-22H2,1H3/b23-16+/t32-,33+,35-,37-/m1/s1. The molecule has 0 spiro atoms. The third-order valence-electron chi connectivity index (χ3n) is 10.8. The van der Waals surface area contributed by atoms with Crippen molar-refractivity contribution in [3.05, 3.63) is 118 Å². The van der Waals surface area contributed by atoms with Crippen LogP contribution in [0, 0.1) is 17.8 Å². The van der Waals surface area contributed by atoms with Gasteiger partial charge in [0.15, 0.2) is 0 Å². The van der Waals surface area contributed by atoms with Gasteiger partial charge in [0.1, 0.15) is 18.1 Å². The van der Waals surface area contributed by atoms with E-state index in [4.69, 9.17) is 9.39 Å². The summed E-state index contributed by atoms with van der Waals surface area (Å²) in [7, 11) is -1.37. The topological polar surface area (TPSA) is 96.3 Å². The van der Waals surface area contributed by atoms with Crippen LogP contribution in [0.5, 0.6) is 11.5 Å². The lowest BCUT2D eigenvalue weighted by Gasteiger charge is -2.43. The number of carbonyl (C=O) groups excluding carboxylic acids is 2. The van der Waals surface area contributed by atoms with Crippen molar-refractivity contribution >= 4 is 41.5 Å². The molecular formula is C41H36BF6NO6. The Kier molecular flexibility index (Phi) is 10.3. The summed E-state index contributed by atoms with van der Waals surface area (Å²) in [5.74, 6) is -4.30. The average molecular weight is 764 g/mol. The summed E-state index contributed by atoms with van der Waals surface area (Å²) < 4.78 is 95.2. The molecule has 3 aliphatic rings. The van der Waals surface area contributed by atoms with Crippen molar-refractivity contribution in [1.29, 1.82) is 0 Å². The number of imide groups is 1. The summed E-state index contributed by atoms with van der Waals surface area (Å²) in [5, 5.41) is 23.0. The van der Waals surface area contributed by atoms with Crippen molar-refractivity contribution in [2.45, 2.75) is 57.4 Å². The summed E-state index contributed by atoms with van der Waals surface area (Å²) in [6.45, 7) is 1.96. The van der Waals surface area contributed by atoms with E-state index in [0.717, 1.165) is 16.5 Å². The summed E-state index contributed by atoms with van der Waals surface area (Å²) in [6, 6.07) is 20.4. The van der Waals surface area contributed by atoms with Crippen molar-refractivity contribution < 1.29 is 55.5 Å². The molecule has 7 rings (SSSR count). The number of halogens is 6. The van der Waals surface area contributed by atoms with Gasteiger partial charge in [-0.15, -0.1) is 0 Å². The van der Waals surface area contributed by atoms with Gasteiger partial charge in [-0.05, 0) is 96.4 Å². The van der Waals surface area contributed by atoms with Gasteiger partial charge in [0.05, 0.1) is 34.8 Å². The van der Waals surface area contributed by atoms with Crippen molar-refractivity contribution in [2.75, 3.05) is 11.5 Å². The Morgan fingerprint density at radius 1 is 0.891 bits per heavy atom. The summed E-state index contributed by atoms with van der Waals surface area (Å²) >= 11 is 0. The molecule has 55 heavy (non-hydrogen) atoms. The zero-order valence-electron chi connectivity index (χ0n) is 29.5. The summed E-state index contributed by atoms with van der Waals surface area (Å²) in [4.78, 5) is 28.7. The van der Waals surface area contributed by atoms with Crippen LogP contribution in [0.3, 0.4) is 0 Å². The van der Waals surface area contributed by atoms with E-state index in [1.807, 2.05) is 43.3 Å². The minimum atomic E-state index is -5.19. The number of alkyl halides is 6. The van der Waals surface area contributed by atoms with E-state index in [-0.39, 0.29) is 31.2 Å². The van der Waals surface area contributed by atoms with Crippen molar-refractivity contribution in [1.82, 2.24) is 0 Å². The molecule has 4 aromatic rings. The predicted molar refractivity (Wildman–Crippen MR) is 194 cm³/mol. The molecule has 14 heteroatoms. The monoisotopic (exact) mass is 763 g/mol. The van der Waals surface area contributed by atoms with Gasteiger partial charge in [0, 0.05) is 5.39 Å². The van der Waals surface area contributed by atoms with Crippen LogP contribution in [0.25, 0.3) is 16.8 Å². The second kappa shape index (κ2) is 14.9. The first-order valence-electron chi connectivity index (χ1n) is 17.9. The van der Waals surface area contributed by atoms with Crippen LogP contribution in [0.15, 0.2) is 102 Å². The molecule has 2 saturated heterocycles. The number of phenols is 1. The number of anilines is 1. The Labute approximate surface area is 313 Å². The third-order valence-corrected chi connectivity index (χ3v) is 10.8. The molecule has 2 heterocycles. The highest BCUT2D eigenvalue weighted by atomic mass is 19.4. The van der Waals surface area contributed by atoms with Gasteiger partial charge in [-0.1, -0.05) is 67.1 Å². The van der Waals surface area contributed by atoms with Crippen LogP contribution in [0.2, 0.25) is 6.32 Å². The molecule has 0 bridgehead atoms. The highest BCUT2D eigenvalue weighted by Gasteiger charge is 2.58. The number of fused-ring (bicyclic) bond motifs is 4. The number of rotatable bonds is 9. The number of nitrogens with zero attached hydrogens (tertiary/aromatic N) is 1. The molecule has 1 aliphatic carbocycles. The molecule has 4 atom stereocenters. The average Bonchev–Trinajstić information content (AvgIpc) is 3.41. The molecule has 0 aromatic heterocycles. The molecule has 7 nitrogen and oxygen atoms in total. The van der Waals surface area contributed by atoms with Crippen LogP contribution in [0.4, 0.5) is 32.0 Å². The molecule has 0 unspecified atom stereocenters. The number of hydrogen-bond acceptors (Lipinski definition) is 6. The predicted octanol–water partition coefficient (Wildman–Crippen LogP) is 9.24. The van der Waals surface area contributed by atoms with Gasteiger partial charge in [0.25, 0.3) is 0 Å². The molecule has 2 amide bonds. The molecule has 4 aromatic carbocycles. The van der Waals surface area contributed by atoms with E-state index in [9.17, 15) is 46.1 Å². The lowest BCUT2D eigenvalue weighted by molar-refractivity contribution is -0.143. The van der Waals surface area contributed by atoms with E-state index in [2.05, 4.69) is 0 Å². The fourth-order valence-corrected chi connectivity index (χ4v) is 8.23. The van der Waals surface area contributed by atoms with Gasteiger partial charge in [-0.3, -0.25) is 9.59 Å². The van der Waals surface area contributed by atoms with Gasteiger partial charge in [-0.2, -0.15) is 26.3 Å². The van der Waals surface area contributed by atoms with Crippen molar-refractivity contribution in [3.63, 3.8) is 0 Å². The molecule has 2 aliphatic heterocycles. The van der Waals surface area contributed by atoms with Crippen LogP contribution in [0.1, 0.15) is 49.3 Å². The maximum Gasteiger partial charge on any atom is 0.455 e. The maximum atomic E-state index is 14.2. The second-order valence-corrected chi connectivity index (χ2v) is 14.1. The smallest absolute Gasteiger partial charge is 0.455 e. The molecule has 0 saturated carbocycles. The Morgan fingerprint density at radius 2 is 1.55 bits per heavy atom. The number of allylic oxidation sites excluding steroid dienone is 1. The van der Waals surface area contributed by atoms with Gasteiger partial charge >= 0.3 is 19.5 Å². The van der Waals surface area contributed by atoms with Crippen LogP contribution < -0.4 is 9.64 Å². The largest absolute Gasteiger partial charge is 0.507 e. The molecular weight excluding hydrogens is 727 g/mol. The molecule has 286 valence electrons. The first-order valence-corrected chi connectivity index (χ1v) is 17.9. The summed E-state index contributed by atoms with van der Waals surface area (Å²) in [5.41, 5.74) is -0.953. The number of benzene rings is 4. The van der Waals surface area contributed by atoms with E-state index < -0.39 is 72.0 Å². The molecule has 0 radical (unpaired) electrons. The summed E-state index contributed by atoms with van der Waals surface area (Å²) in [6.07, 6.45) is -7.79. The number of ether oxygens (including phenoxy) is 1. The van der Waals surface area contributed by atoms with Crippen LogP contribution >= 0.6 is 0 Å². The number of phenolic OH excluding ortho intramolecular Hbond substituents is 1. The zero-order chi connectivity index (χ0) is 39.2. The Hall–Kier alpha value is -5.08. The minimum Gasteiger partial charge on any atom is -0.507 e. The molecule has 2 fully saturated rings. The SMILES string of the molecule is CC/C(=C\c1ccc(O)c2ccccc12)CC[C@H]1OB(O)C[C@H]2C1=C(COc1ccccc1)C[C@H]1C(=O)N(c3cc(C(F)(F)F)cc(C(F)(F)F)c3)C(=O)[C@H]12. The number of aromatic hydroxyl groups is 1. The number of carbonyl (C=O) groups is 2. The van der Waals surface area contributed by atoms with Crippen LogP contribution in [-0.2, 0) is 26.6 Å². The third kappa shape index (κ3) is 7.62. The fraction of sp³-hybridized carbons (Fsp3) is 0.317. The quantitative estimate of drug-likeness (QED) is 0.0764. The van der Waals surface area contributed by atoms with Crippen molar-refractivity contribution in [3.8, 4) is 11.5 Å². The lowest BCUT2D eigenvalue weighted by atomic mass is 9.58. The normalized spacial score (nSPS) is 22.0. The molecule has 2 N–H and O–H groups in total. The van der Waals surface area contributed by atoms with Gasteiger partial charge < -0.3 is 19.5 Å². The highest BCUT2D eigenvalue weighted by molar-refractivity contribution is 6.43. The Morgan fingerprint density at radius 3 is 2.20 bits per heavy atom. The van der Waals surface area contributed by atoms with Crippen molar-refractivity contribution in [2.24, 2.45) is 17.8 Å². The van der Waals surface area contributed by atoms with Gasteiger partial charge in [-0.25, -0.2) is 4.90 Å². The van der Waals surface area contributed by atoms with Gasteiger partial charge in [0.2, 0.25) is 11.8 Å². The van der Waals surface area contributed by atoms with E-state index in [0.29, 0.717) is 58.6 Å². The zero-order valence-corrected chi connectivity index (χ0v) is 29.5. The highest BCUT2D eigenvalue weighted by Crippen LogP contribution is 2.52. The Bertz CT molecular complexity index is 2150. The number of hydrogen-bond donors (Lipinski definition) is 2. The number of amides is 2. The lowest BCUT2D eigenvalue weighted by Crippen LogP contribution is -2.46. The van der Waals surface area contributed by atoms with E-state index >= 15 is 0 Å². The first kappa shape index (κ1) is 38.2. The first-order chi connectivity index (χ1) is 26.1. The van der Waals surface area contributed by atoms with Crippen LogP contribution in [-0.4, -0.2) is 41.8 Å². The maximum absolute atomic E-state index is 14.2. The minimum absolute atomic E-state index is 0.0335. The Balaban J connectivity index is 1.24. The fourth-order valence-electron chi connectivity index (χ4n) is 8.23.